The molecule has 10 heteroatoms. The van der Waals surface area contributed by atoms with Gasteiger partial charge in [0.05, 0.1) is 32.6 Å². The number of ether oxygens (including phenoxy) is 3. The molecule has 0 atom stereocenters. The second-order valence-corrected chi connectivity index (χ2v) is 9.35. The summed E-state index contributed by atoms with van der Waals surface area (Å²) in [6.07, 6.45) is 0.586. The van der Waals surface area contributed by atoms with Crippen LogP contribution in [0, 0.1) is 0 Å². The van der Waals surface area contributed by atoms with E-state index in [0.29, 0.717) is 51.3 Å². The highest BCUT2D eigenvalue weighted by molar-refractivity contribution is 7.99. The van der Waals surface area contributed by atoms with Crippen molar-refractivity contribution in [2.75, 3.05) is 32.4 Å². The number of fused-ring (bicyclic) bond motifs is 1. The Morgan fingerprint density at radius 3 is 2.66 bits per heavy atom. The summed E-state index contributed by atoms with van der Waals surface area (Å²) >= 11 is 2.60. The van der Waals surface area contributed by atoms with E-state index in [1.165, 1.54) is 23.1 Å². The topological polar surface area (TPSA) is 91.7 Å². The maximum absolute atomic E-state index is 13.2. The monoisotopic (exact) mass is 511 g/mol. The second kappa shape index (κ2) is 11.3. The van der Waals surface area contributed by atoms with Crippen LogP contribution in [0.3, 0.4) is 0 Å². The molecule has 0 unspecified atom stereocenters. The van der Waals surface area contributed by atoms with Crippen molar-refractivity contribution in [3.8, 4) is 17.2 Å². The molecule has 0 bridgehead atoms. The van der Waals surface area contributed by atoms with Crippen molar-refractivity contribution in [1.82, 2.24) is 9.55 Å². The first kappa shape index (κ1) is 24.6. The first-order valence-electron chi connectivity index (χ1n) is 10.8. The molecule has 0 fully saturated rings. The molecule has 4 aromatic rings. The fraction of sp³-hybridized carbons (Fsp3) is 0.240. The van der Waals surface area contributed by atoms with Crippen molar-refractivity contribution >= 4 is 44.9 Å². The molecular weight excluding hydrogens is 486 g/mol. The maximum Gasteiger partial charge on any atom is 0.272 e. The van der Waals surface area contributed by atoms with Gasteiger partial charge in [-0.3, -0.25) is 14.2 Å². The summed E-state index contributed by atoms with van der Waals surface area (Å²) in [6.45, 7) is 0.412. The molecule has 35 heavy (non-hydrogen) atoms. The van der Waals surface area contributed by atoms with Crippen molar-refractivity contribution in [3.05, 3.63) is 69.8 Å². The average Bonchev–Trinajstić information content (AvgIpc) is 3.36. The lowest BCUT2D eigenvalue weighted by Crippen LogP contribution is -2.24. The molecule has 2 aromatic carbocycles. The Hall–Kier alpha value is -3.50. The lowest BCUT2D eigenvalue weighted by atomic mass is 10.1. The lowest BCUT2D eigenvalue weighted by Gasteiger charge is -2.13. The van der Waals surface area contributed by atoms with Gasteiger partial charge in [-0.15, -0.1) is 11.3 Å². The molecule has 1 amide bonds. The number of thiophene rings is 1. The van der Waals surface area contributed by atoms with E-state index in [0.717, 1.165) is 5.56 Å². The second-order valence-electron chi connectivity index (χ2n) is 7.49. The largest absolute Gasteiger partial charge is 0.497 e. The Labute approximate surface area is 210 Å². The molecule has 0 spiro atoms. The number of amides is 1. The molecule has 182 valence electrons. The number of nitrogens with zero attached hydrogens (tertiary/aromatic N) is 2. The van der Waals surface area contributed by atoms with Crippen LogP contribution < -0.4 is 25.1 Å². The Bertz CT molecular complexity index is 1400. The van der Waals surface area contributed by atoms with Crippen LogP contribution >= 0.6 is 23.1 Å². The van der Waals surface area contributed by atoms with Crippen LogP contribution in [-0.4, -0.2) is 42.5 Å². The minimum atomic E-state index is -0.200. The van der Waals surface area contributed by atoms with Crippen LogP contribution in [-0.2, 0) is 17.8 Å². The third-order valence-corrected chi connectivity index (χ3v) is 7.16. The van der Waals surface area contributed by atoms with E-state index in [1.807, 2.05) is 35.7 Å². The molecule has 0 radical (unpaired) electrons. The summed E-state index contributed by atoms with van der Waals surface area (Å²) in [6, 6.07) is 14.7. The number of thioether (sulfide) groups is 1. The zero-order valence-corrected chi connectivity index (χ0v) is 21.2. The number of nitrogens with one attached hydrogen (secondary N) is 1. The minimum absolute atomic E-state index is 0.107. The molecule has 8 nitrogen and oxygen atoms in total. The van der Waals surface area contributed by atoms with E-state index in [-0.39, 0.29) is 17.2 Å². The number of hydrogen-bond acceptors (Lipinski definition) is 8. The molecule has 2 aromatic heterocycles. The SMILES string of the molecule is COc1cccc(NC(=O)CSc2nc3ccsc3c(=O)n2CCc2ccc(OC)c(OC)c2)c1. The number of rotatable bonds is 10. The quantitative estimate of drug-likeness (QED) is 0.248. The molecular formula is C25H25N3O5S2. The number of carbonyl (C=O) groups is 1. The van der Waals surface area contributed by atoms with Crippen LogP contribution in [0.5, 0.6) is 17.2 Å². The van der Waals surface area contributed by atoms with Crippen LogP contribution in [0.25, 0.3) is 10.2 Å². The average molecular weight is 512 g/mol. The molecule has 0 aliphatic heterocycles. The summed E-state index contributed by atoms with van der Waals surface area (Å²) in [4.78, 5) is 30.5. The van der Waals surface area contributed by atoms with Gasteiger partial charge in [-0.05, 0) is 47.7 Å². The Morgan fingerprint density at radius 1 is 1.06 bits per heavy atom. The predicted octanol–water partition coefficient (Wildman–Crippen LogP) is 4.46. The van der Waals surface area contributed by atoms with Crippen LogP contribution in [0.1, 0.15) is 5.56 Å². The van der Waals surface area contributed by atoms with Crippen molar-refractivity contribution in [2.45, 2.75) is 18.1 Å². The molecule has 0 saturated carbocycles. The first-order valence-corrected chi connectivity index (χ1v) is 12.6. The summed E-state index contributed by atoms with van der Waals surface area (Å²) in [5.74, 6) is 1.84. The summed E-state index contributed by atoms with van der Waals surface area (Å²) in [5, 5.41) is 5.21. The summed E-state index contributed by atoms with van der Waals surface area (Å²) in [5.41, 5.74) is 2.16. The van der Waals surface area contributed by atoms with Gasteiger partial charge < -0.3 is 19.5 Å². The minimum Gasteiger partial charge on any atom is -0.497 e. The maximum atomic E-state index is 13.2. The Morgan fingerprint density at radius 2 is 1.89 bits per heavy atom. The normalized spacial score (nSPS) is 10.8. The van der Waals surface area contributed by atoms with E-state index in [9.17, 15) is 9.59 Å². The van der Waals surface area contributed by atoms with E-state index in [2.05, 4.69) is 10.3 Å². The van der Waals surface area contributed by atoms with E-state index in [1.54, 1.807) is 44.1 Å². The number of methoxy groups -OCH3 is 3. The van der Waals surface area contributed by atoms with Crippen molar-refractivity contribution < 1.29 is 19.0 Å². The highest BCUT2D eigenvalue weighted by Gasteiger charge is 2.15. The third-order valence-electron chi connectivity index (χ3n) is 5.29. The molecule has 0 saturated heterocycles. The molecule has 2 heterocycles. The van der Waals surface area contributed by atoms with E-state index in [4.69, 9.17) is 14.2 Å². The third kappa shape index (κ3) is 5.77. The molecule has 4 rings (SSSR count). The zero-order chi connectivity index (χ0) is 24.8. The number of carbonyl (C=O) groups excluding carboxylic acids is 1. The van der Waals surface area contributed by atoms with Crippen molar-refractivity contribution in [2.24, 2.45) is 0 Å². The zero-order valence-electron chi connectivity index (χ0n) is 19.6. The van der Waals surface area contributed by atoms with Gasteiger partial charge in [-0.2, -0.15) is 0 Å². The number of benzene rings is 2. The molecule has 0 aliphatic carbocycles. The Balaban J connectivity index is 1.52. The van der Waals surface area contributed by atoms with Gasteiger partial charge in [0.2, 0.25) is 5.91 Å². The van der Waals surface area contributed by atoms with E-state index < -0.39 is 0 Å². The smallest absolute Gasteiger partial charge is 0.272 e. The number of hydrogen-bond donors (Lipinski definition) is 1. The first-order chi connectivity index (χ1) is 17.0. The van der Waals surface area contributed by atoms with Crippen molar-refractivity contribution in [3.63, 3.8) is 0 Å². The Kier molecular flexibility index (Phi) is 7.94. The molecule has 0 aliphatic rings. The number of aromatic nitrogens is 2. The van der Waals surface area contributed by atoms with Gasteiger partial charge >= 0.3 is 0 Å². The van der Waals surface area contributed by atoms with Gasteiger partial charge in [0.15, 0.2) is 16.7 Å². The van der Waals surface area contributed by atoms with Gasteiger partial charge in [0, 0.05) is 18.3 Å². The summed E-state index contributed by atoms with van der Waals surface area (Å²) in [7, 11) is 4.75. The lowest BCUT2D eigenvalue weighted by molar-refractivity contribution is -0.113. The fourth-order valence-corrected chi connectivity index (χ4v) is 5.14. The highest BCUT2D eigenvalue weighted by atomic mass is 32.2. The van der Waals surface area contributed by atoms with Crippen LogP contribution in [0.2, 0.25) is 0 Å². The van der Waals surface area contributed by atoms with Gasteiger partial charge in [0.25, 0.3) is 5.56 Å². The van der Waals surface area contributed by atoms with Gasteiger partial charge in [-0.25, -0.2) is 4.98 Å². The standard InChI is InChI=1S/C25H25N3O5S2/c1-31-18-6-4-5-17(14-18)26-22(29)15-35-25-27-19-10-12-34-23(19)24(30)28(25)11-9-16-7-8-20(32-2)21(13-16)33-3/h4-8,10,12-14H,9,11,15H2,1-3H3,(H,26,29). The predicted molar refractivity (Wildman–Crippen MR) is 139 cm³/mol. The van der Waals surface area contributed by atoms with E-state index >= 15 is 0 Å². The number of aryl methyl sites for hydroxylation is 1. The molecule has 1 N–H and O–H groups in total. The fourth-order valence-electron chi connectivity index (χ4n) is 3.54. The van der Waals surface area contributed by atoms with Gasteiger partial charge in [-0.1, -0.05) is 23.9 Å². The summed E-state index contributed by atoms with van der Waals surface area (Å²) < 4.78 is 18.1. The van der Waals surface area contributed by atoms with Gasteiger partial charge in [0.1, 0.15) is 10.4 Å². The van der Waals surface area contributed by atoms with Crippen LogP contribution in [0.15, 0.2) is 63.9 Å². The number of anilines is 1. The van der Waals surface area contributed by atoms with Crippen molar-refractivity contribution in [1.29, 1.82) is 0 Å². The highest BCUT2D eigenvalue weighted by Crippen LogP contribution is 2.28. The van der Waals surface area contributed by atoms with Crippen LogP contribution in [0.4, 0.5) is 5.69 Å².